The van der Waals surface area contributed by atoms with Crippen molar-refractivity contribution in [1.82, 2.24) is 0 Å². The van der Waals surface area contributed by atoms with E-state index in [1.165, 1.54) is 5.56 Å². The predicted molar refractivity (Wildman–Crippen MR) is 90.8 cm³/mol. The second-order valence-electron chi connectivity index (χ2n) is 6.15. The van der Waals surface area contributed by atoms with Crippen molar-refractivity contribution in [3.8, 4) is 0 Å². The molecule has 0 unspecified atom stereocenters. The Hall–Kier alpha value is -0.930. The highest BCUT2D eigenvalue weighted by Gasteiger charge is 2.30. The van der Waals surface area contributed by atoms with Crippen molar-refractivity contribution in [2.24, 2.45) is 0 Å². The van der Waals surface area contributed by atoms with Gasteiger partial charge < -0.3 is 0 Å². The molecule has 1 aromatic rings. The van der Waals surface area contributed by atoms with Gasteiger partial charge in [-0.05, 0) is 56.3 Å². The first-order valence-corrected chi connectivity index (χ1v) is 8.06. The van der Waals surface area contributed by atoms with Gasteiger partial charge in [0.25, 0.3) is 0 Å². The molecule has 0 heterocycles. The van der Waals surface area contributed by atoms with Crippen LogP contribution in [0.25, 0.3) is 11.6 Å². The minimum absolute atomic E-state index is 0.0582. The lowest BCUT2D eigenvalue weighted by atomic mass is 9.85. The van der Waals surface area contributed by atoms with Gasteiger partial charge >= 0.3 is 0 Å². The molecule has 0 aliphatic heterocycles. The number of fused-ring (bicyclic) bond motifs is 3. The number of halogens is 2. The Bertz CT molecular complexity index is 728. The molecule has 0 N–H and O–H groups in total. The molecule has 0 aromatic heterocycles. The highest BCUT2D eigenvalue weighted by atomic mass is 79.9. The van der Waals surface area contributed by atoms with Crippen LogP contribution in [0.3, 0.4) is 0 Å². The average molecular weight is 394 g/mol. The Morgan fingerprint density at radius 3 is 2.35 bits per heavy atom. The fourth-order valence-corrected chi connectivity index (χ4v) is 3.58. The second-order valence-corrected chi connectivity index (χ2v) is 7.86. The van der Waals surface area contributed by atoms with Gasteiger partial charge in [-0.1, -0.05) is 48.8 Å². The predicted octanol–water partition coefficient (Wildman–Crippen LogP) is 5.39. The standard InChI is InChI=1S/C17H14Br2O/c1-17(2,3)10-6-9-7-12-11(15(9)14(19)8-10)4-5-13(18)16(12)20/h4-8H,1-3H3. The first-order chi connectivity index (χ1) is 9.29. The largest absolute Gasteiger partial charge is 0.288 e. The first-order valence-electron chi connectivity index (χ1n) is 6.47. The maximum absolute atomic E-state index is 12.2. The molecule has 0 atom stereocenters. The zero-order chi connectivity index (χ0) is 14.7. The molecule has 0 saturated carbocycles. The van der Waals surface area contributed by atoms with Gasteiger partial charge in [-0.15, -0.1) is 0 Å². The summed E-state index contributed by atoms with van der Waals surface area (Å²) in [5, 5.41) is 0. The molecule has 1 aromatic carbocycles. The van der Waals surface area contributed by atoms with Gasteiger partial charge in [-0.25, -0.2) is 0 Å². The number of benzene rings is 1. The summed E-state index contributed by atoms with van der Waals surface area (Å²) in [7, 11) is 0. The van der Waals surface area contributed by atoms with Crippen LogP contribution in [0.1, 0.15) is 37.5 Å². The molecule has 3 heteroatoms. The summed E-state index contributed by atoms with van der Waals surface area (Å²) >= 11 is 6.98. The van der Waals surface area contributed by atoms with E-state index < -0.39 is 0 Å². The Morgan fingerprint density at radius 2 is 1.70 bits per heavy atom. The van der Waals surface area contributed by atoms with Crippen LogP contribution in [0.15, 0.2) is 38.8 Å². The lowest BCUT2D eigenvalue weighted by molar-refractivity contribution is -0.111. The molecule has 2 aliphatic carbocycles. The highest BCUT2D eigenvalue weighted by Crippen LogP contribution is 2.45. The van der Waals surface area contributed by atoms with Gasteiger partial charge in [-0.3, -0.25) is 4.79 Å². The molecule has 1 nitrogen and oxygen atoms in total. The number of allylic oxidation sites excluding steroid dienone is 5. The molecule has 3 rings (SSSR count). The number of hydrogen-bond donors (Lipinski definition) is 0. The molecule has 0 spiro atoms. The van der Waals surface area contributed by atoms with E-state index in [2.05, 4.69) is 64.8 Å². The number of Topliss-reactive ketones (excluding diaryl/α,β-unsaturated/α-hetero) is 1. The van der Waals surface area contributed by atoms with Crippen molar-refractivity contribution in [3.63, 3.8) is 0 Å². The maximum Gasteiger partial charge on any atom is 0.200 e. The molecule has 2 aliphatic rings. The van der Waals surface area contributed by atoms with Crippen LogP contribution in [-0.2, 0) is 10.2 Å². The first kappa shape index (κ1) is 14.0. The number of rotatable bonds is 0. The SMILES string of the molecule is CC(C)(C)c1cc(Br)c2c(c1)C=C1C(=O)C(Br)=CC=C12. The lowest BCUT2D eigenvalue weighted by Gasteiger charge is -2.21. The van der Waals surface area contributed by atoms with E-state index in [0.29, 0.717) is 4.48 Å². The Morgan fingerprint density at radius 1 is 1.00 bits per heavy atom. The molecule has 0 bridgehead atoms. The number of carbonyl (C=O) groups is 1. The highest BCUT2D eigenvalue weighted by molar-refractivity contribution is 9.12. The van der Waals surface area contributed by atoms with E-state index >= 15 is 0 Å². The summed E-state index contributed by atoms with van der Waals surface area (Å²) in [6.45, 7) is 6.58. The van der Waals surface area contributed by atoms with Crippen molar-refractivity contribution in [1.29, 1.82) is 0 Å². The van der Waals surface area contributed by atoms with Gasteiger partial charge in [-0.2, -0.15) is 0 Å². The summed E-state index contributed by atoms with van der Waals surface area (Å²) in [5.41, 5.74) is 5.38. The minimum atomic E-state index is 0.0582. The molecule has 102 valence electrons. The fraction of sp³-hybridized carbons (Fsp3) is 0.235. The topological polar surface area (TPSA) is 17.1 Å². The summed E-state index contributed by atoms with van der Waals surface area (Å²) in [4.78, 5) is 12.2. The van der Waals surface area contributed by atoms with Gasteiger partial charge in [0.1, 0.15) is 0 Å². The maximum atomic E-state index is 12.2. The number of hydrogen-bond acceptors (Lipinski definition) is 1. The smallest absolute Gasteiger partial charge is 0.200 e. The molecule has 0 saturated heterocycles. The van der Waals surface area contributed by atoms with Crippen molar-refractivity contribution < 1.29 is 4.79 Å². The van der Waals surface area contributed by atoms with Crippen molar-refractivity contribution in [2.45, 2.75) is 26.2 Å². The van der Waals surface area contributed by atoms with Gasteiger partial charge in [0.05, 0.1) is 4.48 Å². The molecular formula is C17H14Br2O. The third-order valence-corrected chi connectivity index (χ3v) is 4.95. The number of carbonyl (C=O) groups excluding carboxylic acids is 1. The molecule has 0 radical (unpaired) electrons. The molecule has 20 heavy (non-hydrogen) atoms. The minimum Gasteiger partial charge on any atom is -0.288 e. The Balaban J connectivity index is 2.23. The van der Waals surface area contributed by atoms with E-state index in [1.54, 1.807) is 0 Å². The van der Waals surface area contributed by atoms with Crippen LogP contribution in [0.5, 0.6) is 0 Å². The Kier molecular flexibility index (Phi) is 3.18. The van der Waals surface area contributed by atoms with E-state index in [1.807, 2.05) is 18.2 Å². The van der Waals surface area contributed by atoms with Crippen molar-refractivity contribution in [2.75, 3.05) is 0 Å². The zero-order valence-corrected chi connectivity index (χ0v) is 14.7. The average Bonchev–Trinajstić information content (AvgIpc) is 2.72. The van der Waals surface area contributed by atoms with Crippen LogP contribution in [0.2, 0.25) is 0 Å². The Labute approximate surface area is 135 Å². The zero-order valence-electron chi connectivity index (χ0n) is 11.6. The van der Waals surface area contributed by atoms with E-state index in [-0.39, 0.29) is 11.2 Å². The lowest BCUT2D eigenvalue weighted by Crippen LogP contribution is -2.11. The van der Waals surface area contributed by atoms with Crippen LogP contribution >= 0.6 is 31.9 Å². The van der Waals surface area contributed by atoms with Crippen molar-refractivity contribution >= 4 is 49.3 Å². The van der Waals surface area contributed by atoms with Crippen LogP contribution in [-0.4, -0.2) is 5.78 Å². The monoisotopic (exact) mass is 392 g/mol. The molecule has 0 amide bonds. The van der Waals surface area contributed by atoms with Crippen molar-refractivity contribution in [3.05, 3.63) is 55.5 Å². The van der Waals surface area contributed by atoms with Crippen LogP contribution in [0, 0.1) is 0 Å². The summed E-state index contributed by atoms with van der Waals surface area (Å²) < 4.78 is 1.67. The third-order valence-electron chi connectivity index (χ3n) is 3.70. The normalized spacial score (nSPS) is 17.2. The van der Waals surface area contributed by atoms with E-state index in [0.717, 1.165) is 26.7 Å². The summed E-state index contributed by atoms with van der Waals surface area (Å²) in [6.07, 6.45) is 5.83. The van der Waals surface area contributed by atoms with E-state index in [4.69, 9.17) is 0 Å². The molecule has 0 fully saturated rings. The summed E-state index contributed by atoms with van der Waals surface area (Å²) in [6, 6.07) is 4.35. The second kappa shape index (κ2) is 4.54. The van der Waals surface area contributed by atoms with Gasteiger partial charge in [0.15, 0.2) is 0 Å². The quantitative estimate of drug-likeness (QED) is 0.577. The third kappa shape index (κ3) is 2.08. The number of ketones is 1. The van der Waals surface area contributed by atoms with E-state index in [9.17, 15) is 4.79 Å². The van der Waals surface area contributed by atoms with Crippen LogP contribution < -0.4 is 0 Å². The fourth-order valence-electron chi connectivity index (χ4n) is 2.55. The molecular weight excluding hydrogens is 380 g/mol. The van der Waals surface area contributed by atoms with Crippen LogP contribution in [0.4, 0.5) is 0 Å². The van der Waals surface area contributed by atoms with Gasteiger partial charge in [0, 0.05) is 15.6 Å². The summed E-state index contributed by atoms with van der Waals surface area (Å²) in [5.74, 6) is 0.0582. The van der Waals surface area contributed by atoms with Gasteiger partial charge in [0.2, 0.25) is 5.78 Å².